The van der Waals surface area contributed by atoms with Gasteiger partial charge in [0.05, 0.1) is 6.61 Å². The van der Waals surface area contributed by atoms with Crippen LogP contribution in [0.2, 0.25) is 0 Å². The molecule has 0 bridgehead atoms. The highest BCUT2D eigenvalue weighted by atomic mass is 35.7. The second kappa shape index (κ2) is 38.0. The Morgan fingerprint density at radius 2 is 0.914 bits per heavy atom. The molecule has 3 rings (SSSR count). The van der Waals surface area contributed by atoms with Crippen molar-refractivity contribution in [3.63, 3.8) is 0 Å². The van der Waals surface area contributed by atoms with E-state index >= 15 is 0 Å². The molecule has 3 aromatic carbocycles. The molecular formula is C50H74Cl3N5O20S3. The van der Waals surface area contributed by atoms with Gasteiger partial charge < -0.3 is 39.3 Å². The van der Waals surface area contributed by atoms with E-state index in [2.05, 4.69) is 19.8 Å². The average Bonchev–Trinajstić information content (AvgIpc) is 3.29. The third-order valence-corrected chi connectivity index (χ3v) is 10.0. The van der Waals surface area contributed by atoms with Crippen LogP contribution in [0.1, 0.15) is 125 Å². The topological polar surface area (TPSA) is 372 Å². The minimum absolute atomic E-state index is 0. The number of hydrogen-bond acceptors (Lipinski definition) is 21. The number of benzene rings is 3. The molecule has 25 nitrogen and oxygen atoms in total. The van der Waals surface area contributed by atoms with E-state index in [0.717, 1.165) is 17.2 Å². The normalized spacial score (nSPS) is 12.0. The summed E-state index contributed by atoms with van der Waals surface area (Å²) in [5.74, 6) is -2.36. The maximum absolute atomic E-state index is 12.5. The van der Waals surface area contributed by atoms with Crippen molar-refractivity contribution in [2.24, 2.45) is 10.1 Å². The van der Waals surface area contributed by atoms with Crippen LogP contribution in [-0.4, -0.2) is 107 Å². The lowest BCUT2D eigenvalue weighted by Crippen LogP contribution is -2.50. The standard InChI is InChI=1S/C21H32N2O8S.C13H25NO4.C8H8ClNO4S.C7H8O.CClNO3S.ClH/c1-20(2,3)30-17(24)13-12-16(18(25)31-21(4,5)6)22-32(27,28)23-19(26)29-14-15-10-8-7-9-11-15;1-12(2,3)17-10(15)8-7-9(14)11(16)18-13(4,5)6;9-15(12,13)10-8(11)14-6-7-4-2-1-3-5-7;8-6-7-4-2-1-3-5-7;2-7(5,6)3-1-4;/h7-11,16,22H,12-14H2,1-6H3,(H,23,26);9H,7-8,14H2,1-6H3;1-5H,6H2,(H,10,11);1-5,8H,6H2;;1H/t16-;9-;;;;/m00..../s1. The van der Waals surface area contributed by atoms with E-state index in [-0.39, 0.29) is 63.9 Å². The van der Waals surface area contributed by atoms with Crippen molar-refractivity contribution in [2.45, 2.75) is 163 Å². The number of rotatable bonds is 18. The van der Waals surface area contributed by atoms with E-state index in [0.29, 0.717) is 5.56 Å². The fourth-order valence-corrected chi connectivity index (χ4v) is 6.52. The number of carbonyl (C=O) groups excluding carboxylic acids is 7. The minimum atomic E-state index is -4.50. The van der Waals surface area contributed by atoms with Gasteiger partial charge in [0.1, 0.15) is 47.7 Å². The summed E-state index contributed by atoms with van der Waals surface area (Å²) >= 11 is 0. The molecule has 0 aliphatic heterocycles. The van der Waals surface area contributed by atoms with Crippen LogP contribution in [0.25, 0.3) is 0 Å². The third-order valence-electron chi connectivity index (χ3n) is 7.86. The van der Waals surface area contributed by atoms with Gasteiger partial charge in [0, 0.05) is 34.2 Å². The summed E-state index contributed by atoms with van der Waals surface area (Å²) in [4.78, 5) is 79.3. The maximum Gasteiger partial charge on any atom is 0.422 e. The molecule has 0 aromatic heterocycles. The molecule has 0 saturated carbocycles. The zero-order valence-electron chi connectivity index (χ0n) is 46.9. The second-order valence-corrected chi connectivity index (χ2v) is 26.0. The molecule has 0 spiro atoms. The van der Waals surface area contributed by atoms with Gasteiger partial charge >= 0.3 is 64.7 Å². The van der Waals surface area contributed by atoms with Gasteiger partial charge in [-0.3, -0.25) is 19.2 Å². The van der Waals surface area contributed by atoms with Crippen LogP contribution in [0, 0.1) is 0 Å². The molecule has 31 heteroatoms. The molecule has 0 saturated heterocycles. The van der Waals surface area contributed by atoms with Crippen LogP contribution in [0.3, 0.4) is 0 Å². The Morgan fingerprint density at radius 3 is 1.22 bits per heavy atom. The quantitative estimate of drug-likeness (QED) is 0.0277. The first-order valence-corrected chi connectivity index (χ1v) is 29.8. The van der Waals surface area contributed by atoms with Crippen molar-refractivity contribution in [1.29, 1.82) is 0 Å². The molecule has 458 valence electrons. The molecule has 2 atom stereocenters. The summed E-state index contributed by atoms with van der Waals surface area (Å²) in [6, 6.07) is 24.8. The van der Waals surface area contributed by atoms with Gasteiger partial charge in [-0.2, -0.15) is 30.0 Å². The Balaban J connectivity index is -0.00000105. The van der Waals surface area contributed by atoms with Gasteiger partial charge in [-0.1, -0.05) is 95.4 Å². The number of isocyanates is 1. The smallest absolute Gasteiger partial charge is 0.422 e. The molecular weight excluding hydrogens is 1190 g/mol. The summed E-state index contributed by atoms with van der Waals surface area (Å²) in [7, 11) is -3.43. The molecule has 0 radical (unpaired) electrons. The van der Waals surface area contributed by atoms with Gasteiger partial charge in [0.2, 0.25) is 0 Å². The average molecular weight is 1270 g/mol. The van der Waals surface area contributed by atoms with Crippen LogP contribution in [-0.2, 0) is 101 Å². The van der Waals surface area contributed by atoms with Crippen molar-refractivity contribution in [3.05, 3.63) is 108 Å². The summed E-state index contributed by atoms with van der Waals surface area (Å²) < 4.78 is 102. The van der Waals surface area contributed by atoms with Crippen LogP contribution in [0.4, 0.5) is 9.59 Å². The first-order valence-electron chi connectivity index (χ1n) is 23.7. The number of esters is 4. The number of nitrogens with two attached hydrogens (primary N) is 1. The molecule has 0 aliphatic carbocycles. The molecule has 0 unspecified atom stereocenters. The largest absolute Gasteiger partial charge is 0.460 e. The Hall–Kier alpha value is -5.94. The van der Waals surface area contributed by atoms with Crippen LogP contribution < -0.4 is 19.9 Å². The molecule has 6 N–H and O–H groups in total. The van der Waals surface area contributed by atoms with Crippen LogP contribution in [0.5, 0.6) is 0 Å². The Morgan fingerprint density at radius 1 is 0.568 bits per heavy atom. The van der Waals surface area contributed by atoms with Gasteiger partial charge in [0.25, 0.3) is 6.08 Å². The minimum Gasteiger partial charge on any atom is -0.460 e. The highest BCUT2D eigenvalue weighted by molar-refractivity contribution is 8.13. The number of halogens is 3. The SMILES string of the molecule is CC(C)(C)OC(=O)CC[C@H](N)C(=O)OC(C)(C)C.CC(C)(C)OC(=O)CC[C@H](NS(=O)(=O)NC(=O)OCc1ccccc1)C(=O)OC(C)(C)C.Cl.O=C(NS(=O)(=O)Cl)OCc1ccccc1.O=C=NS(=O)(=O)Cl.OCc1ccccc1. The van der Waals surface area contributed by atoms with E-state index in [1.807, 2.05) is 41.1 Å². The number of ether oxygens (including phenoxy) is 6. The van der Waals surface area contributed by atoms with Gasteiger partial charge in [0.15, 0.2) is 0 Å². The van der Waals surface area contributed by atoms with Crippen LogP contribution >= 0.6 is 33.8 Å². The van der Waals surface area contributed by atoms with Crippen molar-refractivity contribution in [2.75, 3.05) is 0 Å². The van der Waals surface area contributed by atoms with E-state index in [4.69, 9.17) is 50.0 Å². The number of nitrogens with zero attached hydrogens (tertiary/aromatic N) is 1. The van der Waals surface area contributed by atoms with E-state index in [1.54, 1.807) is 142 Å². The molecule has 0 heterocycles. The first-order chi connectivity index (χ1) is 36.4. The number of carbonyl (C=O) groups is 6. The third kappa shape index (κ3) is 50.7. The van der Waals surface area contributed by atoms with Crippen molar-refractivity contribution in [1.82, 2.24) is 14.2 Å². The monoisotopic (exact) mass is 1270 g/mol. The number of hydrogen-bond donors (Lipinski definition) is 5. The number of amides is 2. The fraction of sp³-hybridized carbons (Fsp3) is 0.500. The predicted octanol–water partition coefficient (Wildman–Crippen LogP) is 7.16. The number of nitrogens with one attached hydrogen (secondary N) is 3. The summed E-state index contributed by atoms with van der Waals surface area (Å²) in [6.45, 7) is 20.6. The lowest BCUT2D eigenvalue weighted by atomic mass is 10.1. The van der Waals surface area contributed by atoms with Crippen molar-refractivity contribution in [3.8, 4) is 0 Å². The Kier molecular flexibility index (Phi) is 37.1. The van der Waals surface area contributed by atoms with Crippen LogP contribution in [0.15, 0.2) is 95.4 Å². The van der Waals surface area contributed by atoms with E-state index < -0.39 is 93.3 Å². The number of aliphatic hydroxyl groups is 1. The van der Waals surface area contributed by atoms with Crippen molar-refractivity contribution >= 4 is 105 Å². The van der Waals surface area contributed by atoms with Gasteiger partial charge in [-0.05, 0) is 113 Å². The molecule has 0 aliphatic rings. The van der Waals surface area contributed by atoms with Gasteiger partial charge in [-0.25, -0.2) is 23.8 Å². The molecule has 81 heavy (non-hydrogen) atoms. The van der Waals surface area contributed by atoms with E-state index in [9.17, 15) is 54.0 Å². The Labute approximate surface area is 489 Å². The number of aliphatic hydroxyl groups excluding tert-OH is 1. The first kappa shape index (κ1) is 79.3. The fourth-order valence-electron chi connectivity index (χ4n) is 4.97. The lowest BCUT2D eigenvalue weighted by Gasteiger charge is -2.25. The maximum atomic E-state index is 12.5. The highest BCUT2D eigenvalue weighted by Gasteiger charge is 2.32. The molecule has 0 fully saturated rings. The van der Waals surface area contributed by atoms with E-state index in [1.165, 1.54) is 4.72 Å². The zero-order valence-corrected chi connectivity index (χ0v) is 51.7. The summed E-state index contributed by atoms with van der Waals surface area (Å²) in [5, 5.41) is 8.54. The summed E-state index contributed by atoms with van der Waals surface area (Å²) in [5.41, 5.74) is 5.32. The highest BCUT2D eigenvalue weighted by Crippen LogP contribution is 2.16. The molecule has 3 aromatic rings. The lowest BCUT2D eigenvalue weighted by molar-refractivity contribution is -0.160. The predicted molar refractivity (Wildman–Crippen MR) is 302 cm³/mol. The Bertz CT molecular complexity index is 2790. The van der Waals surface area contributed by atoms with Gasteiger partial charge in [-0.15, -0.1) is 12.4 Å². The summed E-state index contributed by atoms with van der Waals surface area (Å²) in [6.07, 6.45) is -1.71. The molecule has 2 amide bonds. The second-order valence-electron chi connectivity index (χ2n) is 20.1. The zero-order chi connectivity index (χ0) is 62.2. The van der Waals surface area contributed by atoms with Crippen molar-refractivity contribution < 1.29 is 92.3 Å².